The second-order valence-electron chi connectivity index (χ2n) is 11.2. The Labute approximate surface area is 261 Å². The zero-order valence-corrected chi connectivity index (χ0v) is 26.0. The van der Waals surface area contributed by atoms with Crippen molar-refractivity contribution in [3.8, 4) is 28.0 Å². The van der Waals surface area contributed by atoms with Gasteiger partial charge in [0.05, 0.1) is 12.1 Å². The number of urea groups is 1. The Balaban J connectivity index is 1.41. The third-order valence-electron chi connectivity index (χ3n) is 8.37. The summed E-state index contributed by atoms with van der Waals surface area (Å²) in [5.74, 6) is -2.05. The maximum Gasteiger partial charge on any atom is 0.326 e. The SMILES string of the molecule is COc1cc(-c2cccc(-c3cccc(NC(=O)C4CN(C)C(=O)N(C)C4=O)c3C)c2Cl)cc(F)c1CNC1CCOCC1. The lowest BCUT2D eigenvalue weighted by molar-refractivity contribution is -0.140. The van der Waals surface area contributed by atoms with E-state index >= 15 is 4.39 Å². The summed E-state index contributed by atoms with van der Waals surface area (Å²) in [7, 11) is 4.43. The van der Waals surface area contributed by atoms with Crippen LogP contribution in [-0.4, -0.2) is 74.7 Å². The predicted octanol–water partition coefficient (Wildman–Crippen LogP) is 5.48. The van der Waals surface area contributed by atoms with Crippen LogP contribution in [0.3, 0.4) is 0 Å². The van der Waals surface area contributed by atoms with Crippen molar-refractivity contribution in [1.29, 1.82) is 0 Å². The first kappa shape index (κ1) is 31.4. The molecule has 1 unspecified atom stereocenters. The summed E-state index contributed by atoms with van der Waals surface area (Å²) in [6.07, 6.45) is 1.76. The lowest BCUT2D eigenvalue weighted by Crippen LogP contribution is -2.56. The number of carbonyl (C=O) groups is 3. The van der Waals surface area contributed by atoms with E-state index < -0.39 is 29.6 Å². The molecule has 0 bridgehead atoms. The molecule has 2 N–H and O–H groups in total. The molecule has 9 nitrogen and oxygen atoms in total. The predicted molar refractivity (Wildman–Crippen MR) is 167 cm³/mol. The van der Waals surface area contributed by atoms with Crippen LogP contribution in [0.2, 0.25) is 5.02 Å². The van der Waals surface area contributed by atoms with Gasteiger partial charge in [-0.05, 0) is 54.7 Å². The van der Waals surface area contributed by atoms with E-state index in [4.69, 9.17) is 21.1 Å². The number of nitrogens with zero attached hydrogens (tertiary/aromatic N) is 2. The molecule has 2 fully saturated rings. The van der Waals surface area contributed by atoms with E-state index in [9.17, 15) is 14.4 Å². The average Bonchev–Trinajstić information content (AvgIpc) is 3.02. The van der Waals surface area contributed by atoms with Crippen molar-refractivity contribution < 1.29 is 28.2 Å². The lowest BCUT2D eigenvalue weighted by atomic mass is 9.94. The number of anilines is 1. The molecule has 0 radical (unpaired) electrons. The van der Waals surface area contributed by atoms with Crippen molar-refractivity contribution in [2.45, 2.75) is 32.4 Å². The van der Waals surface area contributed by atoms with E-state index in [-0.39, 0.29) is 12.6 Å². The quantitative estimate of drug-likeness (QED) is 0.323. The van der Waals surface area contributed by atoms with Crippen LogP contribution >= 0.6 is 11.6 Å². The van der Waals surface area contributed by atoms with Crippen LogP contribution in [0.5, 0.6) is 5.75 Å². The fraction of sp³-hybridized carbons (Fsp3) is 0.364. The minimum absolute atomic E-state index is 0.00906. The van der Waals surface area contributed by atoms with Gasteiger partial charge < -0.3 is 25.0 Å². The first-order valence-electron chi connectivity index (χ1n) is 14.5. The van der Waals surface area contributed by atoms with E-state index in [1.54, 1.807) is 25.2 Å². The normalized spacial score (nSPS) is 17.6. The molecule has 2 saturated heterocycles. The van der Waals surface area contributed by atoms with E-state index in [1.807, 2.05) is 31.2 Å². The summed E-state index contributed by atoms with van der Waals surface area (Å²) in [6, 6.07) is 14.0. The summed E-state index contributed by atoms with van der Waals surface area (Å²) >= 11 is 6.98. The van der Waals surface area contributed by atoms with Crippen molar-refractivity contribution in [2.75, 3.05) is 46.3 Å². The second-order valence-corrected chi connectivity index (χ2v) is 11.5. The van der Waals surface area contributed by atoms with Crippen LogP contribution in [0, 0.1) is 18.7 Å². The number of imide groups is 1. The largest absolute Gasteiger partial charge is 0.496 e. The number of nitrogens with one attached hydrogen (secondary N) is 2. The van der Waals surface area contributed by atoms with Gasteiger partial charge in [-0.15, -0.1) is 0 Å². The van der Waals surface area contributed by atoms with Crippen molar-refractivity contribution in [3.05, 3.63) is 70.5 Å². The maximum atomic E-state index is 15.5. The molecule has 0 aromatic heterocycles. The number of hydrogen-bond donors (Lipinski definition) is 2. The van der Waals surface area contributed by atoms with Gasteiger partial charge in [0.15, 0.2) is 0 Å². The van der Waals surface area contributed by atoms with Crippen LogP contribution in [0.15, 0.2) is 48.5 Å². The molecule has 1 atom stereocenters. The number of hydrogen-bond acceptors (Lipinski definition) is 6. The third kappa shape index (κ3) is 6.29. The van der Waals surface area contributed by atoms with Crippen molar-refractivity contribution in [2.24, 2.45) is 5.92 Å². The molecule has 3 aromatic carbocycles. The van der Waals surface area contributed by atoms with Crippen LogP contribution in [-0.2, 0) is 20.9 Å². The number of methoxy groups -OCH3 is 1. The summed E-state index contributed by atoms with van der Waals surface area (Å²) in [4.78, 5) is 40.2. The van der Waals surface area contributed by atoms with E-state index in [1.165, 1.54) is 25.1 Å². The van der Waals surface area contributed by atoms with Crippen LogP contribution in [0.1, 0.15) is 24.0 Å². The maximum absolute atomic E-state index is 15.5. The second kappa shape index (κ2) is 13.3. The number of amides is 4. The van der Waals surface area contributed by atoms with Gasteiger partial charge in [0.2, 0.25) is 11.8 Å². The lowest BCUT2D eigenvalue weighted by Gasteiger charge is -2.33. The standard InChI is InChI=1S/C33H36ClFN4O5/c1-19-22(7-6-10-28(19)37-31(40)26-18-38(2)33(42)39(3)32(26)41)24-9-5-8-23(30(24)34)20-15-27(35)25(29(16-20)43-4)17-36-21-11-13-44-14-12-21/h5-10,15-16,21,26,36H,11-14,17-18H2,1-4H3,(H,37,40). The number of ether oxygens (including phenoxy) is 2. The number of carbonyl (C=O) groups excluding carboxylic acids is 3. The van der Waals surface area contributed by atoms with Crippen molar-refractivity contribution >= 4 is 35.1 Å². The van der Waals surface area contributed by atoms with E-state index in [0.717, 1.165) is 28.9 Å². The Morgan fingerprint density at radius 1 is 1.07 bits per heavy atom. The highest BCUT2D eigenvalue weighted by molar-refractivity contribution is 6.36. The molecular weight excluding hydrogens is 587 g/mol. The fourth-order valence-corrected chi connectivity index (χ4v) is 6.06. The zero-order valence-electron chi connectivity index (χ0n) is 25.2. The molecule has 3 aromatic rings. The van der Waals surface area contributed by atoms with Crippen LogP contribution in [0.4, 0.5) is 14.9 Å². The van der Waals surface area contributed by atoms with Gasteiger partial charge in [-0.1, -0.05) is 41.9 Å². The van der Waals surface area contributed by atoms with Gasteiger partial charge in [0.1, 0.15) is 17.5 Å². The van der Waals surface area contributed by atoms with E-state index in [0.29, 0.717) is 58.5 Å². The Morgan fingerprint density at radius 3 is 2.48 bits per heavy atom. The summed E-state index contributed by atoms with van der Waals surface area (Å²) in [5, 5.41) is 6.69. The molecule has 0 spiro atoms. The zero-order chi connectivity index (χ0) is 31.5. The van der Waals surface area contributed by atoms with Crippen molar-refractivity contribution in [1.82, 2.24) is 15.1 Å². The average molecular weight is 623 g/mol. The first-order valence-corrected chi connectivity index (χ1v) is 14.9. The highest BCUT2D eigenvalue weighted by Crippen LogP contribution is 2.41. The summed E-state index contributed by atoms with van der Waals surface area (Å²) < 4.78 is 26.5. The Kier molecular flexibility index (Phi) is 9.53. The Bertz CT molecular complexity index is 1590. The third-order valence-corrected chi connectivity index (χ3v) is 8.78. The molecule has 2 aliphatic rings. The summed E-state index contributed by atoms with van der Waals surface area (Å²) in [5.41, 5.74) is 4.36. The molecule has 44 heavy (non-hydrogen) atoms. The number of halogens is 2. The Hall–Kier alpha value is -3.99. The minimum atomic E-state index is -1.03. The van der Waals surface area contributed by atoms with Gasteiger partial charge in [0.25, 0.3) is 0 Å². The minimum Gasteiger partial charge on any atom is -0.496 e. The highest BCUT2D eigenvalue weighted by atomic mass is 35.5. The molecule has 232 valence electrons. The van der Waals surface area contributed by atoms with E-state index in [2.05, 4.69) is 10.6 Å². The molecule has 4 amide bonds. The molecule has 2 aliphatic heterocycles. The monoisotopic (exact) mass is 622 g/mol. The van der Waals surface area contributed by atoms with Crippen molar-refractivity contribution in [3.63, 3.8) is 0 Å². The summed E-state index contributed by atoms with van der Waals surface area (Å²) in [6.45, 7) is 3.56. The van der Waals surface area contributed by atoms with Crippen LogP contribution < -0.4 is 15.4 Å². The van der Waals surface area contributed by atoms with Gasteiger partial charge >= 0.3 is 6.03 Å². The first-order chi connectivity index (χ1) is 21.1. The molecule has 2 heterocycles. The van der Waals surface area contributed by atoms with Crippen LogP contribution in [0.25, 0.3) is 22.3 Å². The molecular formula is C33H36ClFN4O5. The fourth-order valence-electron chi connectivity index (χ4n) is 5.72. The topological polar surface area (TPSA) is 100 Å². The smallest absolute Gasteiger partial charge is 0.326 e. The molecule has 5 rings (SSSR count). The van der Waals surface area contributed by atoms with Gasteiger partial charge in [0, 0.05) is 68.8 Å². The van der Waals surface area contributed by atoms with Gasteiger partial charge in [-0.3, -0.25) is 14.5 Å². The Morgan fingerprint density at radius 2 is 1.75 bits per heavy atom. The number of rotatable bonds is 8. The van der Waals surface area contributed by atoms with Gasteiger partial charge in [-0.2, -0.15) is 0 Å². The highest BCUT2D eigenvalue weighted by Gasteiger charge is 2.39. The molecule has 0 aliphatic carbocycles. The van der Waals surface area contributed by atoms with Gasteiger partial charge in [-0.25, -0.2) is 9.18 Å². The molecule has 0 saturated carbocycles. The molecule has 11 heteroatoms. The number of benzene rings is 3.